The second kappa shape index (κ2) is 7.50. The summed E-state index contributed by atoms with van der Waals surface area (Å²) < 4.78 is 16.4. The molecule has 1 heterocycles. The molecule has 0 bridgehead atoms. The summed E-state index contributed by atoms with van der Waals surface area (Å²) >= 11 is 0. The molecule has 4 heteroatoms. The van der Waals surface area contributed by atoms with E-state index in [0.29, 0.717) is 0 Å². The highest BCUT2D eigenvalue weighted by Gasteiger charge is 2.13. The van der Waals surface area contributed by atoms with E-state index in [-0.39, 0.29) is 0 Å². The van der Waals surface area contributed by atoms with Crippen LogP contribution < -0.4 is 9.47 Å². The first-order chi connectivity index (χ1) is 9.74. The minimum Gasteiger partial charge on any atom is -0.496 e. The van der Waals surface area contributed by atoms with Crippen molar-refractivity contribution in [1.29, 1.82) is 0 Å². The number of hydrogen-bond donors (Lipinski definition) is 0. The van der Waals surface area contributed by atoms with E-state index in [1.54, 1.807) is 14.2 Å². The van der Waals surface area contributed by atoms with Gasteiger partial charge in [-0.25, -0.2) is 0 Å². The van der Waals surface area contributed by atoms with Gasteiger partial charge < -0.3 is 14.2 Å². The Morgan fingerprint density at radius 2 is 1.70 bits per heavy atom. The lowest BCUT2D eigenvalue weighted by Gasteiger charge is -2.26. The van der Waals surface area contributed by atoms with Gasteiger partial charge in [0.2, 0.25) is 0 Å². The van der Waals surface area contributed by atoms with Crippen molar-refractivity contribution in [2.75, 3.05) is 47.1 Å². The lowest BCUT2D eigenvalue weighted by Crippen LogP contribution is -2.36. The smallest absolute Gasteiger partial charge is 0.126 e. The van der Waals surface area contributed by atoms with Gasteiger partial charge in [-0.05, 0) is 44.0 Å². The monoisotopic (exact) mass is 279 g/mol. The van der Waals surface area contributed by atoms with Crippen molar-refractivity contribution >= 4 is 0 Å². The molecule has 0 radical (unpaired) electrons. The summed E-state index contributed by atoms with van der Waals surface area (Å²) in [5, 5.41) is 0. The highest BCUT2D eigenvalue weighted by molar-refractivity contribution is 5.47. The molecule has 20 heavy (non-hydrogen) atoms. The Bertz CT molecular complexity index is 403. The second-order valence-corrected chi connectivity index (χ2v) is 5.21. The number of hydrogen-bond acceptors (Lipinski definition) is 4. The summed E-state index contributed by atoms with van der Waals surface area (Å²) in [6, 6.07) is 4.15. The van der Waals surface area contributed by atoms with Gasteiger partial charge in [0.05, 0.1) is 27.4 Å². The molecular formula is C16H25NO3. The van der Waals surface area contributed by atoms with Gasteiger partial charge in [0, 0.05) is 18.7 Å². The number of ether oxygens (including phenoxy) is 3. The molecule has 0 aliphatic carbocycles. The Labute approximate surface area is 121 Å². The van der Waals surface area contributed by atoms with E-state index in [4.69, 9.17) is 14.2 Å². The van der Waals surface area contributed by atoms with Crippen LogP contribution in [-0.2, 0) is 11.2 Å². The van der Waals surface area contributed by atoms with Gasteiger partial charge in [0.25, 0.3) is 0 Å². The molecule has 0 amide bonds. The van der Waals surface area contributed by atoms with Gasteiger partial charge in [0.15, 0.2) is 0 Å². The van der Waals surface area contributed by atoms with Crippen LogP contribution in [0.3, 0.4) is 0 Å². The standard InChI is InChI=1S/C16H25NO3/c1-13-11-15(18-2)14(16(12-13)19-3)5-4-6-17-7-9-20-10-8-17/h11-12H,4-10H2,1-3H3. The molecular weight excluding hydrogens is 254 g/mol. The van der Waals surface area contributed by atoms with Gasteiger partial charge in [-0.2, -0.15) is 0 Å². The SMILES string of the molecule is COc1cc(C)cc(OC)c1CCCN1CCOCC1. The van der Waals surface area contributed by atoms with E-state index in [1.807, 2.05) is 0 Å². The van der Waals surface area contributed by atoms with Crippen molar-refractivity contribution in [2.24, 2.45) is 0 Å². The third kappa shape index (κ3) is 3.87. The Hall–Kier alpha value is -1.26. The predicted octanol–water partition coefficient (Wildman–Crippen LogP) is 2.28. The van der Waals surface area contributed by atoms with Crippen molar-refractivity contribution in [3.05, 3.63) is 23.3 Å². The van der Waals surface area contributed by atoms with Crippen LogP contribution in [0.5, 0.6) is 11.5 Å². The van der Waals surface area contributed by atoms with E-state index >= 15 is 0 Å². The largest absolute Gasteiger partial charge is 0.496 e. The molecule has 0 aromatic heterocycles. The van der Waals surface area contributed by atoms with Gasteiger partial charge >= 0.3 is 0 Å². The normalized spacial score (nSPS) is 16.1. The summed E-state index contributed by atoms with van der Waals surface area (Å²) in [6.07, 6.45) is 2.08. The fraction of sp³-hybridized carbons (Fsp3) is 0.625. The van der Waals surface area contributed by atoms with Gasteiger partial charge in [-0.3, -0.25) is 4.90 Å². The summed E-state index contributed by atoms with van der Waals surface area (Å²) in [5.74, 6) is 1.87. The Morgan fingerprint density at radius 3 is 2.25 bits per heavy atom. The maximum absolute atomic E-state index is 5.50. The zero-order chi connectivity index (χ0) is 14.4. The van der Waals surface area contributed by atoms with Crippen LogP contribution in [0.2, 0.25) is 0 Å². The highest BCUT2D eigenvalue weighted by atomic mass is 16.5. The van der Waals surface area contributed by atoms with E-state index in [1.165, 1.54) is 5.56 Å². The average molecular weight is 279 g/mol. The van der Waals surface area contributed by atoms with Crippen molar-refractivity contribution in [3.8, 4) is 11.5 Å². The lowest BCUT2D eigenvalue weighted by atomic mass is 10.0. The number of nitrogens with zero attached hydrogens (tertiary/aromatic N) is 1. The maximum atomic E-state index is 5.50. The Kier molecular flexibility index (Phi) is 5.68. The molecule has 0 saturated carbocycles. The summed E-state index contributed by atoms with van der Waals surface area (Å²) in [6.45, 7) is 6.96. The predicted molar refractivity (Wildman–Crippen MR) is 79.9 cm³/mol. The fourth-order valence-corrected chi connectivity index (χ4v) is 2.67. The first-order valence-electron chi connectivity index (χ1n) is 7.26. The molecule has 0 unspecified atom stereocenters. The van der Waals surface area contributed by atoms with E-state index in [9.17, 15) is 0 Å². The topological polar surface area (TPSA) is 30.9 Å². The van der Waals surface area contributed by atoms with Gasteiger partial charge in [-0.15, -0.1) is 0 Å². The van der Waals surface area contributed by atoms with E-state index in [2.05, 4.69) is 24.0 Å². The zero-order valence-corrected chi connectivity index (χ0v) is 12.8. The fourth-order valence-electron chi connectivity index (χ4n) is 2.67. The molecule has 1 fully saturated rings. The minimum atomic E-state index is 0.858. The average Bonchev–Trinajstić information content (AvgIpc) is 2.49. The van der Waals surface area contributed by atoms with Crippen LogP contribution in [0.1, 0.15) is 17.5 Å². The number of aryl methyl sites for hydroxylation is 1. The van der Waals surface area contributed by atoms with Crippen molar-refractivity contribution < 1.29 is 14.2 Å². The Morgan fingerprint density at radius 1 is 1.10 bits per heavy atom. The molecule has 112 valence electrons. The van der Waals surface area contributed by atoms with Gasteiger partial charge in [0.1, 0.15) is 11.5 Å². The van der Waals surface area contributed by atoms with Crippen LogP contribution in [0.15, 0.2) is 12.1 Å². The van der Waals surface area contributed by atoms with Crippen LogP contribution in [-0.4, -0.2) is 52.0 Å². The lowest BCUT2D eigenvalue weighted by molar-refractivity contribution is 0.0374. The molecule has 1 aromatic rings. The molecule has 1 aliphatic heterocycles. The van der Waals surface area contributed by atoms with Crippen molar-refractivity contribution in [3.63, 3.8) is 0 Å². The Balaban J connectivity index is 1.97. The van der Waals surface area contributed by atoms with E-state index in [0.717, 1.165) is 62.8 Å². The van der Waals surface area contributed by atoms with E-state index < -0.39 is 0 Å². The molecule has 1 saturated heterocycles. The van der Waals surface area contributed by atoms with Crippen LogP contribution in [0, 0.1) is 6.92 Å². The number of benzene rings is 1. The van der Waals surface area contributed by atoms with Crippen molar-refractivity contribution in [1.82, 2.24) is 4.90 Å². The first-order valence-corrected chi connectivity index (χ1v) is 7.26. The third-order valence-corrected chi connectivity index (χ3v) is 3.76. The minimum absolute atomic E-state index is 0.858. The molecule has 0 spiro atoms. The third-order valence-electron chi connectivity index (χ3n) is 3.76. The van der Waals surface area contributed by atoms with Crippen LogP contribution in [0.4, 0.5) is 0 Å². The molecule has 2 rings (SSSR count). The van der Waals surface area contributed by atoms with Gasteiger partial charge in [-0.1, -0.05) is 0 Å². The summed E-state index contributed by atoms with van der Waals surface area (Å²) in [7, 11) is 3.44. The van der Waals surface area contributed by atoms with Crippen molar-refractivity contribution in [2.45, 2.75) is 19.8 Å². The summed E-state index contributed by atoms with van der Waals surface area (Å²) in [5.41, 5.74) is 2.34. The van der Waals surface area contributed by atoms with Crippen LogP contribution in [0.25, 0.3) is 0 Å². The van der Waals surface area contributed by atoms with Crippen LogP contribution >= 0.6 is 0 Å². The highest BCUT2D eigenvalue weighted by Crippen LogP contribution is 2.31. The molecule has 1 aromatic carbocycles. The summed E-state index contributed by atoms with van der Waals surface area (Å²) in [4.78, 5) is 2.46. The number of methoxy groups -OCH3 is 2. The number of rotatable bonds is 6. The molecule has 0 N–H and O–H groups in total. The first kappa shape index (κ1) is 15.1. The number of morpholine rings is 1. The second-order valence-electron chi connectivity index (χ2n) is 5.21. The quantitative estimate of drug-likeness (QED) is 0.799. The molecule has 1 aliphatic rings. The zero-order valence-electron chi connectivity index (χ0n) is 12.8. The maximum Gasteiger partial charge on any atom is 0.126 e. The molecule has 4 nitrogen and oxygen atoms in total. The molecule has 0 atom stereocenters.